The van der Waals surface area contributed by atoms with Gasteiger partial charge in [0.2, 0.25) is 0 Å². The van der Waals surface area contributed by atoms with Crippen molar-refractivity contribution in [1.82, 2.24) is 4.90 Å². The molecule has 1 aliphatic rings. The number of likely N-dealkylation sites (N-methyl/N-ethyl adjacent to an activating group) is 1. The minimum absolute atomic E-state index is 0.381. The van der Waals surface area contributed by atoms with Crippen LogP contribution in [-0.4, -0.2) is 25.5 Å². The molecule has 0 saturated carbocycles. The van der Waals surface area contributed by atoms with Crippen LogP contribution in [0.25, 0.3) is 12.2 Å². The van der Waals surface area contributed by atoms with Crippen molar-refractivity contribution in [2.24, 2.45) is 0 Å². The highest BCUT2D eigenvalue weighted by atomic mass is 32.1. The third-order valence-electron chi connectivity index (χ3n) is 4.06. The van der Waals surface area contributed by atoms with Crippen LogP contribution in [-0.2, 0) is 0 Å². The lowest BCUT2D eigenvalue weighted by Gasteiger charge is -2.24. The zero-order valence-electron chi connectivity index (χ0n) is 12.8. The van der Waals surface area contributed by atoms with E-state index in [4.69, 9.17) is 12.6 Å². The molecule has 0 saturated heterocycles. The van der Waals surface area contributed by atoms with E-state index in [2.05, 4.69) is 74.5 Å². The smallest absolute Gasteiger partial charge is 0.0229 e. The quantitative estimate of drug-likeness (QED) is 0.801. The number of fused-ring (bicyclic) bond motifs is 2. The number of nitrogens with zero attached hydrogens (tertiary/aromatic N) is 1. The Balaban J connectivity index is 2.25. The van der Waals surface area contributed by atoms with Gasteiger partial charge < -0.3 is 4.90 Å². The van der Waals surface area contributed by atoms with Gasteiger partial charge in [0, 0.05) is 17.4 Å². The van der Waals surface area contributed by atoms with Gasteiger partial charge in [0.25, 0.3) is 0 Å². The van der Waals surface area contributed by atoms with Crippen LogP contribution < -0.4 is 0 Å². The summed E-state index contributed by atoms with van der Waals surface area (Å²) >= 11 is 4.70. The molecule has 2 aromatic rings. The monoisotopic (exact) mass is 295 g/mol. The van der Waals surface area contributed by atoms with Crippen molar-refractivity contribution in [3.05, 3.63) is 64.2 Å². The SMILES string of the molecule is Cc1cc(S)c2c(c1)C(CN(C)C)c1ccccc1C=C2. The molecule has 21 heavy (non-hydrogen) atoms. The van der Waals surface area contributed by atoms with Crippen molar-refractivity contribution >= 4 is 24.8 Å². The van der Waals surface area contributed by atoms with Gasteiger partial charge in [-0.25, -0.2) is 0 Å². The van der Waals surface area contributed by atoms with E-state index >= 15 is 0 Å². The molecule has 0 radical (unpaired) electrons. The average molecular weight is 295 g/mol. The summed E-state index contributed by atoms with van der Waals surface area (Å²) in [6, 6.07) is 13.2. The largest absolute Gasteiger partial charge is 0.308 e. The van der Waals surface area contributed by atoms with Crippen LogP contribution in [0.2, 0.25) is 0 Å². The summed E-state index contributed by atoms with van der Waals surface area (Å²) in [5.41, 5.74) is 6.63. The molecule has 1 nitrogen and oxygen atoms in total. The molecule has 2 aromatic carbocycles. The topological polar surface area (TPSA) is 3.24 Å². The number of thiol groups is 1. The molecule has 0 bridgehead atoms. The van der Waals surface area contributed by atoms with E-state index in [1.165, 1.54) is 27.8 Å². The summed E-state index contributed by atoms with van der Waals surface area (Å²) < 4.78 is 0. The van der Waals surface area contributed by atoms with Crippen LogP contribution in [0.4, 0.5) is 0 Å². The molecule has 0 amide bonds. The van der Waals surface area contributed by atoms with Crippen molar-refractivity contribution in [2.45, 2.75) is 17.7 Å². The third-order valence-corrected chi connectivity index (χ3v) is 4.43. The van der Waals surface area contributed by atoms with Crippen LogP contribution in [0.5, 0.6) is 0 Å². The highest BCUT2D eigenvalue weighted by Gasteiger charge is 2.23. The van der Waals surface area contributed by atoms with E-state index in [1.54, 1.807) is 0 Å². The van der Waals surface area contributed by atoms with Gasteiger partial charge in [-0.15, -0.1) is 12.6 Å². The number of hydrogen-bond donors (Lipinski definition) is 1. The van der Waals surface area contributed by atoms with Gasteiger partial charge in [-0.1, -0.05) is 42.5 Å². The predicted octanol–water partition coefficient (Wildman–Crippen LogP) is 4.46. The van der Waals surface area contributed by atoms with Crippen LogP contribution in [0.15, 0.2) is 41.3 Å². The molecule has 0 fully saturated rings. The molecule has 0 heterocycles. The van der Waals surface area contributed by atoms with Crippen molar-refractivity contribution in [3.8, 4) is 0 Å². The first-order valence-electron chi connectivity index (χ1n) is 7.31. The Kier molecular flexibility index (Phi) is 3.92. The van der Waals surface area contributed by atoms with Gasteiger partial charge in [0.1, 0.15) is 0 Å². The van der Waals surface area contributed by atoms with E-state index in [0.717, 1.165) is 11.4 Å². The number of rotatable bonds is 2. The lowest BCUT2D eigenvalue weighted by Crippen LogP contribution is -2.22. The lowest BCUT2D eigenvalue weighted by molar-refractivity contribution is 0.391. The molecule has 2 heteroatoms. The maximum absolute atomic E-state index is 4.70. The van der Waals surface area contributed by atoms with Crippen molar-refractivity contribution in [3.63, 3.8) is 0 Å². The van der Waals surface area contributed by atoms with Crippen molar-refractivity contribution < 1.29 is 0 Å². The van der Waals surface area contributed by atoms with Gasteiger partial charge in [-0.3, -0.25) is 0 Å². The summed E-state index contributed by atoms with van der Waals surface area (Å²) in [6.07, 6.45) is 4.44. The first kappa shape index (κ1) is 14.4. The van der Waals surface area contributed by atoms with Crippen LogP contribution >= 0.6 is 12.6 Å². The van der Waals surface area contributed by atoms with E-state index in [0.29, 0.717) is 5.92 Å². The van der Waals surface area contributed by atoms with Gasteiger partial charge >= 0.3 is 0 Å². The molecule has 0 aromatic heterocycles. The molecule has 1 atom stereocenters. The number of aryl methyl sites for hydroxylation is 1. The highest BCUT2D eigenvalue weighted by molar-refractivity contribution is 7.80. The van der Waals surface area contributed by atoms with E-state index in [9.17, 15) is 0 Å². The zero-order chi connectivity index (χ0) is 15.0. The average Bonchev–Trinajstić information content (AvgIpc) is 2.57. The van der Waals surface area contributed by atoms with Crippen molar-refractivity contribution in [1.29, 1.82) is 0 Å². The molecular formula is C19H21NS. The fourth-order valence-electron chi connectivity index (χ4n) is 3.16. The second kappa shape index (κ2) is 5.70. The van der Waals surface area contributed by atoms with Crippen LogP contribution in [0.3, 0.4) is 0 Å². The zero-order valence-corrected chi connectivity index (χ0v) is 13.7. The van der Waals surface area contributed by atoms with Gasteiger partial charge in [0.15, 0.2) is 0 Å². The normalized spacial score (nSPS) is 16.5. The molecule has 1 aliphatic carbocycles. The molecular weight excluding hydrogens is 274 g/mol. The fraction of sp³-hybridized carbons (Fsp3) is 0.263. The first-order valence-corrected chi connectivity index (χ1v) is 7.76. The summed E-state index contributed by atoms with van der Waals surface area (Å²) in [5.74, 6) is 0.381. The molecule has 1 unspecified atom stereocenters. The van der Waals surface area contributed by atoms with E-state index in [-0.39, 0.29) is 0 Å². The van der Waals surface area contributed by atoms with Gasteiger partial charge in [-0.2, -0.15) is 0 Å². The Morgan fingerprint density at radius 1 is 1.05 bits per heavy atom. The maximum atomic E-state index is 4.70. The fourth-order valence-corrected chi connectivity index (χ4v) is 3.57. The molecule has 108 valence electrons. The Hall–Kier alpha value is -1.51. The standard InChI is InChI=1S/C19H21NS/c1-13-10-17-16(19(21)11-13)9-8-14-6-4-5-7-15(14)18(17)12-20(2)3/h4-11,18,21H,12H2,1-3H3. The first-order chi connectivity index (χ1) is 10.1. The van der Waals surface area contributed by atoms with Gasteiger partial charge in [0.05, 0.1) is 0 Å². The minimum atomic E-state index is 0.381. The minimum Gasteiger partial charge on any atom is -0.308 e. The Labute approximate surface area is 132 Å². The summed E-state index contributed by atoms with van der Waals surface area (Å²) in [7, 11) is 4.27. The lowest BCUT2D eigenvalue weighted by atomic mass is 9.86. The highest BCUT2D eigenvalue weighted by Crippen LogP contribution is 2.37. The summed E-state index contributed by atoms with van der Waals surface area (Å²) in [6.45, 7) is 3.15. The Morgan fingerprint density at radius 3 is 2.57 bits per heavy atom. The second-order valence-electron chi connectivity index (χ2n) is 6.06. The Morgan fingerprint density at radius 2 is 1.81 bits per heavy atom. The van der Waals surface area contributed by atoms with Crippen molar-refractivity contribution in [2.75, 3.05) is 20.6 Å². The summed E-state index contributed by atoms with van der Waals surface area (Å²) in [4.78, 5) is 3.33. The third kappa shape index (κ3) is 2.78. The molecule has 0 spiro atoms. The predicted molar refractivity (Wildman–Crippen MR) is 94.2 cm³/mol. The van der Waals surface area contributed by atoms with Gasteiger partial charge in [-0.05, 0) is 54.9 Å². The van der Waals surface area contributed by atoms with Crippen LogP contribution in [0.1, 0.15) is 33.7 Å². The summed E-state index contributed by atoms with van der Waals surface area (Å²) in [5, 5.41) is 0. The maximum Gasteiger partial charge on any atom is 0.0229 e. The number of benzene rings is 2. The second-order valence-corrected chi connectivity index (χ2v) is 6.55. The Bertz CT molecular complexity index is 701. The van der Waals surface area contributed by atoms with Crippen LogP contribution in [0, 0.1) is 6.92 Å². The molecule has 0 N–H and O–H groups in total. The molecule has 0 aliphatic heterocycles. The van der Waals surface area contributed by atoms with E-state index < -0.39 is 0 Å². The van der Waals surface area contributed by atoms with E-state index in [1.807, 2.05) is 0 Å². The number of hydrogen-bond acceptors (Lipinski definition) is 2. The molecule has 3 rings (SSSR count).